The lowest BCUT2D eigenvalue weighted by molar-refractivity contribution is -0.192. The highest BCUT2D eigenvalue weighted by Crippen LogP contribution is 2.37. The maximum absolute atomic E-state index is 12.9. The maximum atomic E-state index is 12.9. The van der Waals surface area contributed by atoms with Crippen molar-refractivity contribution in [1.29, 1.82) is 0 Å². The Bertz CT molecular complexity index is 866. The molecule has 2 aliphatic heterocycles. The second kappa shape index (κ2) is 9.85. The van der Waals surface area contributed by atoms with Crippen LogP contribution in [0.2, 0.25) is 0 Å². The number of carboxylic acid groups (broad SMARTS) is 1. The van der Waals surface area contributed by atoms with Gasteiger partial charge in [-0.25, -0.2) is 13.2 Å². The van der Waals surface area contributed by atoms with Gasteiger partial charge in [0, 0.05) is 25.7 Å². The Morgan fingerprint density at radius 3 is 2.26 bits per heavy atom. The first-order valence-corrected chi connectivity index (χ1v) is 11.4. The van der Waals surface area contributed by atoms with Crippen LogP contribution < -0.4 is 0 Å². The molecule has 0 amide bonds. The summed E-state index contributed by atoms with van der Waals surface area (Å²) < 4.78 is 65.4. The number of nitrogens with zero attached hydrogens (tertiary/aromatic N) is 2. The number of hydrogen-bond donors (Lipinski definition) is 1. The van der Waals surface area contributed by atoms with Gasteiger partial charge in [-0.15, -0.1) is 0 Å². The lowest BCUT2D eigenvalue weighted by Crippen LogP contribution is -2.53. The van der Waals surface area contributed by atoms with Crippen LogP contribution in [0.5, 0.6) is 0 Å². The molecule has 3 rings (SSSR count). The average Bonchev–Trinajstić information content (AvgIpc) is 2.68. The van der Waals surface area contributed by atoms with Crippen LogP contribution in [0.25, 0.3) is 0 Å². The SMILES string of the molecule is Cc1ccccc1S(=O)(=O)N1CCC2(CC1)CC(N(C)C)CCO2.O=C(O)C(F)(F)F. The van der Waals surface area contributed by atoms with Crippen molar-refractivity contribution >= 4 is 16.0 Å². The largest absolute Gasteiger partial charge is 0.490 e. The molecular weight excluding hydrogens is 437 g/mol. The summed E-state index contributed by atoms with van der Waals surface area (Å²) in [5, 5.41) is 7.12. The van der Waals surface area contributed by atoms with Crippen molar-refractivity contribution in [2.75, 3.05) is 33.8 Å². The molecule has 1 unspecified atom stereocenters. The van der Waals surface area contributed by atoms with Crippen LogP contribution in [0.15, 0.2) is 29.2 Å². The summed E-state index contributed by atoms with van der Waals surface area (Å²) in [6, 6.07) is 7.74. The molecule has 0 saturated carbocycles. The van der Waals surface area contributed by atoms with E-state index in [1.54, 1.807) is 16.4 Å². The van der Waals surface area contributed by atoms with E-state index >= 15 is 0 Å². The number of carbonyl (C=O) groups is 1. The van der Waals surface area contributed by atoms with Gasteiger partial charge in [-0.3, -0.25) is 0 Å². The van der Waals surface area contributed by atoms with Crippen LogP contribution in [0, 0.1) is 6.92 Å². The average molecular weight is 467 g/mol. The summed E-state index contributed by atoms with van der Waals surface area (Å²) in [5.41, 5.74) is 0.657. The summed E-state index contributed by atoms with van der Waals surface area (Å²) >= 11 is 0. The first-order chi connectivity index (χ1) is 14.3. The minimum atomic E-state index is -5.08. The molecule has 0 aliphatic carbocycles. The van der Waals surface area contributed by atoms with Gasteiger partial charge in [0.1, 0.15) is 0 Å². The normalized spacial score (nSPS) is 22.1. The molecule has 176 valence electrons. The molecule has 1 N–H and O–H groups in total. The van der Waals surface area contributed by atoms with E-state index in [1.165, 1.54) is 0 Å². The molecule has 2 fully saturated rings. The predicted molar refractivity (Wildman–Crippen MR) is 108 cm³/mol. The van der Waals surface area contributed by atoms with Gasteiger partial charge in [-0.2, -0.15) is 17.5 Å². The number of sulfonamides is 1. The number of piperidine rings is 1. The molecular formula is C20H29F3N2O5S. The molecule has 1 aromatic rings. The quantitative estimate of drug-likeness (QED) is 0.737. The van der Waals surface area contributed by atoms with Crippen LogP contribution in [-0.4, -0.2) is 80.3 Å². The number of ether oxygens (including phenoxy) is 1. The number of halogens is 3. The third-order valence-corrected chi connectivity index (χ3v) is 7.84. The van der Waals surface area contributed by atoms with Crippen LogP contribution in [-0.2, 0) is 19.6 Å². The van der Waals surface area contributed by atoms with Crippen LogP contribution in [0.3, 0.4) is 0 Å². The summed E-state index contributed by atoms with van der Waals surface area (Å²) in [6.07, 6.45) is -1.47. The van der Waals surface area contributed by atoms with E-state index in [1.807, 2.05) is 19.1 Å². The zero-order chi connectivity index (χ0) is 23.4. The number of hydrogen-bond acceptors (Lipinski definition) is 5. The van der Waals surface area contributed by atoms with Gasteiger partial charge in [0.2, 0.25) is 10.0 Å². The van der Waals surface area contributed by atoms with Crippen molar-refractivity contribution in [2.24, 2.45) is 0 Å². The van der Waals surface area contributed by atoms with Gasteiger partial charge in [0.15, 0.2) is 0 Å². The second-order valence-electron chi connectivity index (χ2n) is 8.11. The van der Waals surface area contributed by atoms with Crippen LogP contribution in [0.4, 0.5) is 13.2 Å². The van der Waals surface area contributed by atoms with Crippen molar-refractivity contribution in [2.45, 2.75) is 55.3 Å². The van der Waals surface area contributed by atoms with Crippen LogP contribution >= 0.6 is 0 Å². The minimum Gasteiger partial charge on any atom is -0.475 e. The van der Waals surface area contributed by atoms with Crippen molar-refractivity contribution in [3.05, 3.63) is 29.8 Å². The van der Waals surface area contributed by atoms with Gasteiger partial charge < -0.3 is 14.7 Å². The number of benzene rings is 1. The second-order valence-corrected chi connectivity index (χ2v) is 10.0. The standard InChI is InChI=1S/C18H28N2O3S.C2HF3O2/c1-15-6-4-5-7-17(15)24(21,22)20-11-9-18(10-12-20)14-16(19(2)3)8-13-23-18;3-2(4,5)1(6)7/h4-7,16H,8-14H2,1-3H3;(H,6,7). The highest BCUT2D eigenvalue weighted by Gasteiger charge is 2.43. The first-order valence-electron chi connectivity index (χ1n) is 9.95. The Morgan fingerprint density at radius 1 is 1.23 bits per heavy atom. The molecule has 11 heteroatoms. The molecule has 0 aromatic heterocycles. The number of rotatable bonds is 3. The van der Waals surface area contributed by atoms with Gasteiger partial charge in [0.25, 0.3) is 0 Å². The lowest BCUT2D eigenvalue weighted by atomic mass is 9.82. The Morgan fingerprint density at radius 2 is 1.77 bits per heavy atom. The van der Waals surface area contributed by atoms with Crippen molar-refractivity contribution in [3.8, 4) is 0 Å². The fraction of sp³-hybridized carbons (Fsp3) is 0.650. The van der Waals surface area contributed by atoms with Crippen molar-refractivity contribution < 1.29 is 36.2 Å². The molecule has 1 atom stereocenters. The third-order valence-electron chi connectivity index (χ3n) is 5.78. The highest BCUT2D eigenvalue weighted by atomic mass is 32.2. The molecule has 2 aliphatic rings. The smallest absolute Gasteiger partial charge is 0.475 e. The lowest BCUT2D eigenvalue weighted by Gasteiger charge is -2.47. The molecule has 1 aromatic carbocycles. The predicted octanol–water partition coefficient (Wildman–Crippen LogP) is 2.89. The van der Waals surface area contributed by atoms with E-state index in [9.17, 15) is 21.6 Å². The van der Waals surface area contributed by atoms with Gasteiger partial charge >= 0.3 is 12.1 Å². The maximum Gasteiger partial charge on any atom is 0.490 e. The molecule has 7 nitrogen and oxygen atoms in total. The number of alkyl halides is 3. The molecule has 31 heavy (non-hydrogen) atoms. The van der Waals surface area contributed by atoms with E-state index in [0.717, 1.165) is 37.9 Å². The zero-order valence-electron chi connectivity index (χ0n) is 17.9. The Kier molecular flexibility index (Phi) is 8.12. The van der Waals surface area contributed by atoms with E-state index in [4.69, 9.17) is 14.6 Å². The Hall–Kier alpha value is -1.69. The number of carboxylic acids is 1. The summed E-state index contributed by atoms with van der Waals surface area (Å²) in [6.45, 7) is 3.70. The molecule has 0 radical (unpaired) electrons. The third kappa shape index (κ3) is 6.41. The van der Waals surface area contributed by atoms with E-state index in [0.29, 0.717) is 24.0 Å². The minimum absolute atomic E-state index is 0.148. The van der Waals surface area contributed by atoms with E-state index in [2.05, 4.69) is 19.0 Å². The first kappa shape index (κ1) is 25.6. The fourth-order valence-corrected chi connectivity index (χ4v) is 5.58. The molecule has 2 saturated heterocycles. The van der Waals surface area contributed by atoms with E-state index in [-0.39, 0.29) is 5.60 Å². The molecule has 2 heterocycles. The highest BCUT2D eigenvalue weighted by molar-refractivity contribution is 7.89. The number of aliphatic carboxylic acids is 1. The van der Waals surface area contributed by atoms with Gasteiger partial charge in [0.05, 0.1) is 10.5 Å². The van der Waals surface area contributed by atoms with Gasteiger partial charge in [-0.1, -0.05) is 18.2 Å². The monoisotopic (exact) mass is 466 g/mol. The summed E-state index contributed by atoms with van der Waals surface area (Å²) in [5.74, 6) is -2.76. The van der Waals surface area contributed by atoms with Crippen molar-refractivity contribution in [3.63, 3.8) is 0 Å². The summed E-state index contributed by atoms with van der Waals surface area (Å²) in [7, 11) is 0.815. The van der Waals surface area contributed by atoms with Crippen molar-refractivity contribution in [1.82, 2.24) is 9.21 Å². The van der Waals surface area contributed by atoms with Crippen LogP contribution in [0.1, 0.15) is 31.2 Å². The number of aryl methyl sites for hydroxylation is 1. The molecule has 0 bridgehead atoms. The van der Waals surface area contributed by atoms with E-state index < -0.39 is 22.2 Å². The van der Waals surface area contributed by atoms with Gasteiger partial charge in [-0.05, 0) is 58.3 Å². The Balaban J connectivity index is 0.000000423. The molecule has 1 spiro atoms. The summed E-state index contributed by atoms with van der Waals surface area (Å²) in [4.78, 5) is 11.6. The topological polar surface area (TPSA) is 87.2 Å². The Labute approximate surface area is 180 Å². The fourth-order valence-electron chi connectivity index (χ4n) is 3.91. The zero-order valence-corrected chi connectivity index (χ0v) is 18.7.